The summed E-state index contributed by atoms with van der Waals surface area (Å²) in [5, 5.41) is 5.40. The summed E-state index contributed by atoms with van der Waals surface area (Å²) in [6.07, 6.45) is 3.93. The van der Waals surface area contributed by atoms with Crippen molar-refractivity contribution in [2.24, 2.45) is 0 Å². The zero-order valence-corrected chi connectivity index (χ0v) is 11.3. The summed E-state index contributed by atoms with van der Waals surface area (Å²) in [5.41, 5.74) is 1.79. The molecule has 1 aromatic rings. The van der Waals surface area contributed by atoms with Crippen LogP contribution in [0.4, 0.5) is 9.18 Å². The Labute approximate surface area is 118 Å². The molecule has 2 N–H and O–H groups in total. The number of carbonyl (C=O) groups is 1. The fourth-order valence-corrected chi connectivity index (χ4v) is 2.01. The first kappa shape index (κ1) is 14.5. The third-order valence-electron chi connectivity index (χ3n) is 3.18. The maximum atomic E-state index is 13.4. The Morgan fingerprint density at radius 2 is 2.05 bits per heavy atom. The lowest BCUT2D eigenvalue weighted by Gasteiger charge is -2.14. The molecule has 0 spiro atoms. The van der Waals surface area contributed by atoms with Crippen LogP contribution in [-0.4, -0.2) is 25.8 Å². The first-order valence-corrected chi connectivity index (χ1v) is 6.79. The predicted molar refractivity (Wildman–Crippen MR) is 74.8 cm³/mol. The lowest BCUT2D eigenvalue weighted by atomic mass is 10.1. The number of amides is 2. The van der Waals surface area contributed by atoms with Crippen LogP contribution in [0, 0.1) is 5.82 Å². The summed E-state index contributed by atoms with van der Waals surface area (Å²) >= 11 is 0. The summed E-state index contributed by atoms with van der Waals surface area (Å²) in [6.45, 7) is 1.82. The Bertz CT molecular complexity index is 481. The van der Waals surface area contributed by atoms with Gasteiger partial charge in [0.25, 0.3) is 0 Å². The molecule has 1 aliphatic rings. The van der Waals surface area contributed by atoms with E-state index in [9.17, 15) is 9.18 Å². The minimum atomic E-state index is -0.264. The Kier molecular flexibility index (Phi) is 5.55. The second kappa shape index (κ2) is 7.65. The second-order valence-corrected chi connectivity index (χ2v) is 4.66. The first-order chi connectivity index (χ1) is 9.75. The van der Waals surface area contributed by atoms with Gasteiger partial charge in [-0.1, -0.05) is 18.2 Å². The Morgan fingerprint density at radius 3 is 2.80 bits per heavy atom. The van der Waals surface area contributed by atoms with Gasteiger partial charge >= 0.3 is 6.03 Å². The average Bonchev–Trinajstić information content (AvgIpc) is 2.48. The normalized spacial score (nSPS) is 14.8. The van der Waals surface area contributed by atoms with E-state index in [1.807, 2.05) is 0 Å². The van der Waals surface area contributed by atoms with Gasteiger partial charge in [-0.2, -0.15) is 0 Å². The van der Waals surface area contributed by atoms with E-state index >= 15 is 0 Å². The first-order valence-electron chi connectivity index (χ1n) is 6.79. The topological polar surface area (TPSA) is 50.4 Å². The van der Waals surface area contributed by atoms with Crippen molar-refractivity contribution in [3.05, 3.63) is 47.4 Å². The molecule has 108 valence electrons. The number of ether oxygens (including phenoxy) is 1. The molecule has 1 heterocycles. The monoisotopic (exact) mass is 278 g/mol. The van der Waals surface area contributed by atoms with Crippen LogP contribution in [0.1, 0.15) is 18.4 Å². The van der Waals surface area contributed by atoms with Gasteiger partial charge in [0.05, 0.1) is 13.2 Å². The highest BCUT2D eigenvalue weighted by Gasteiger charge is 2.06. The predicted octanol–water partition coefficient (Wildman–Crippen LogP) is 2.36. The van der Waals surface area contributed by atoms with Crippen LogP contribution in [0.15, 0.2) is 36.0 Å². The molecule has 0 aromatic heterocycles. The fourth-order valence-electron chi connectivity index (χ4n) is 2.01. The van der Waals surface area contributed by atoms with E-state index in [-0.39, 0.29) is 11.8 Å². The molecule has 0 bridgehead atoms. The molecule has 20 heavy (non-hydrogen) atoms. The number of halogens is 1. The molecule has 2 amide bonds. The van der Waals surface area contributed by atoms with Crippen LogP contribution in [0.5, 0.6) is 0 Å². The highest BCUT2D eigenvalue weighted by atomic mass is 19.1. The molecule has 0 aliphatic carbocycles. The van der Waals surface area contributed by atoms with Gasteiger partial charge in [0.1, 0.15) is 5.82 Å². The number of nitrogens with one attached hydrogen (secondary N) is 2. The van der Waals surface area contributed by atoms with Gasteiger partial charge in [-0.25, -0.2) is 9.18 Å². The van der Waals surface area contributed by atoms with Crippen LogP contribution < -0.4 is 10.6 Å². The SMILES string of the molecule is O=C(NC=C1CCOCC1)NCCc1ccccc1F. The second-order valence-electron chi connectivity index (χ2n) is 4.66. The molecule has 2 rings (SSSR count). The summed E-state index contributed by atoms with van der Waals surface area (Å²) in [5.74, 6) is -0.237. The summed E-state index contributed by atoms with van der Waals surface area (Å²) in [7, 11) is 0. The van der Waals surface area contributed by atoms with E-state index in [0.29, 0.717) is 31.7 Å². The Hall–Kier alpha value is -1.88. The van der Waals surface area contributed by atoms with Crippen LogP contribution >= 0.6 is 0 Å². The molecular weight excluding hydrogens is 259 g/mol. The van der Waals surface area contributed by atoms with Gasteiger partial charge in [-0.15, -0.1) is 0 Å². The molecule has 5 heteroatoms. The number of hydrogen-bond donors (Lipinski definition) is 2. The largest absolute Gasteiger partial charge is 0.381 e. The van der Waals surface area contributed by atoms with Gasteiger partial charge in [0.15, 0.2) is 0 Å². The molecule has 0 unspecified atom stereocenters. The third kappa shape index (κ3) is 4.66. The van der Waals surface area contributed by atoms with E-state index < -0.39 is 0 Å². The molecule has 1 aromatic carbocycles. The van der Waals surface area contributed by atoms with Crippen LogP contribution in [0.25, 0.3) is 0 Å². The zero-order valence-electron chi connectivity index (χ0n) is 11.3. The molecular formula is C15H19FN2O2. The third-order valence-corrected chi connectivity index (χ3v) is 3.18. The fraction of sp³-hybridized carbons (Fsp3) is 0.400. The van der Waals surface area contributed by atoms with Crippen molar-refractivity contribution in [3.8, 4) is 0 Å². The minimum absolute atomic E-state index is 0.237. The van der Waals surface area contributed by atoms with E-state index in [1.54, 1.807) is 24.4 Å². The van der Waals surface area contributed by atoms with Crippen molar-refractivity contribution in [1.82, 2.24) is 10.6 Å². The van der Waals surface area contributed by atoms with Crippen molar-refractivity contribution in [2.75, 3.05) is 19.8 Å². The molecule has 0 radical (unpaired) electrons. The lowest BCUT2D eigenvalue weighted by Crippen LogP contribution is -2.34. The minimum Gasteiger partial charge on any atom is -0.381 e. The number of urea groups is 1. The smallest absolute Gasteiger partial charge is 0.318 e. The van der Waals surface area contributed by atoms with Crippen molar-refractivity contribution in [2.45, 2.75) is 19.3 Å². The molecule has 0 atom stereocenters. The summed E-state index contributed by atoms with van der Waals surface area (Å²) in [6, 6.07) is 6.32. The Balaban J connectivity index is 1.69. The average molecular weight is 278 g/mol. The molecule has 1 fully saturated rings. The molecule has 0 saturated carbocycles. The quantitative estimate of drug-likeness (QED) is 0.888. The number of rotatable bonds is 4. The summed E-state index contributed by atoms with van der Waals surface area (Å²) in [4.78, 5) is 11.6. The van der Waals surface area contributed by atoms with Gasteiger partial charge in [-0.05, 0) is 36.5 Å². The lowest BCUT2D eigenvalue weighted by molar-refractivity contribution is 0.119. The van der Waals surface area contributed by atoms with E-state index in [0.717, 1.165) is 12.8 Å². The zero-order chi connectivity index (χ0) is 14.2. The standard InChI is InChI=1S/C15H19FN2O2/c16-14-4-2-1-3-13(14)5-8-17-15(19)18-11-12-6-9-20-10-7-12/h1-4,11H,5-10H2,(H2,17,18,19). The highest BCUT2D eigenvalue weighted by Crippen LogP contribution is 2.11. The molecule has 4 nitrogen and oxygen atoms in total. The number of hydrogen-bond acceptors (Lipinski definition) is 2. The summed E-state index contributed by atoms with van der Waals surface area (Å²) < 4.78 is 18.6. The maximum absolute atomic E-state index is 13.4. The van der Waals surface area contributed by atoms with Crippen LogP contribution in [-0.2, 0) is 11.2 Å². The van der Waals surface area contributed by atoms with Crippen molar-refractivity contribution in [3.63, 3.8) is 0 Å². The van der Waals surface area contributed by atoms with E-state index in [2.05, 4.69) is 10.6 Å². The Morgan fingerprint density at radius 1 is 1.30 bits per heavy atom. The highest BCUT2D eigenvalue weighted by molar-refractivity contribution is 5.74. The van der Waals surface area contributed by atoms with Gasteiger partial charge in [0, 0.05) is 12.7 Å². The van der Waals surface area contributed by atoms with Crippen molar-refractivity contribution >= 4 is 6.03 Å². The van der Waals surface area contributed by atoms with E-state index in [4.69, 9.17) is 4.74 Å². The van der Waals surface area contributed by atoms with Gasteiger partial charge < -0.3 is 15.4 Å². The van der Waals surface area contributed by atoms with Crippen LogP contribution in [0.2, 0.25) is 0 Å². The van der Waals surface area contributed by atoms with Gasteiger partial charge in [-0.3, -0.25) is 0 Å². The molecule has 1 saturated heterocycles. The van der Waals surface area contributed by atoms with Gasteiger partial charge in [0.2, 0.25) is 0 Å². The number of benzene rings is 1. The van der Waals surface area contributed by atoms with Crippen LogP contribution in [0.3, 0.4) is 0 Å². The molecule has 1 aliphatic heterocycles. The van der Waals surface area contributed by atoms with Crippen molar-refractivity contribution < 1.29 is 13.9 Å². The number of carbonyl (C=O) groups excluding carboxylic acids is 1. The van der Waals surface area contributed by atoms with E-state index in [1.165, 1.54) is 11.6 Å². The maximum Gasteiger partial charge on any atom is 0.318 e. The van der Waals surface area contributed by atoms with Crippen molar-refractivity contribution in [1.29, 1.82) is 0 Å².